The predicted octanol–water partition coefficient (Wildman–Crippen LogP) is 15.3. The van der Waals surface area contributed by atoms with Crippen molar-refractivity contribution in [1.82, 2.24) is 0 Å². The first kappa shape index (κ1) is 32.0. The fourth-order valence-corrected chi connectivity index (χ4v) is 8.90. The van der Waals surface area contributed by atoms with Gasteiger partial charge in [0.25, 0.3) is 0 Å². The van der Waals surface area contributed by atoms with Gasteiger partial charge in [-0.2, -0.15) is 0 Å². The number of anilines is 3. The third-order valence-electron chi connectivity index (χ3n) is 10.5. The van der Waals surface area contributed by atoms with Crippen LogP contribution in [0.15, 0.2) is 212 Å². The van der Waals surface area contributed by atoms with Crippen LogP contribution in [0.1, 0.15) is 0 Å². The van der Waals surface area contributed by atoms with E-state index in [1.165, 1.54) is 75.5 Å². The summed E-state index contributed by atoms with van der Waals surface area (Å²) in [6.07, 6.45) is 0. The maximum atomic E-state index is 2.39. The van der Waals surface area contributed by atoms with E-state index in [1.807, 2.05) is 11.3 Å². The summed E-state index contributed by atoms with van der Waals surface area (Å²) in [5, 5.41) is 5.13. The lowest BCUT2D eigenvalue weighted by Crippen LogP contribution is -2.09. The molecule has 10 aromatic rings. The molecule has 54 heavy (non-hydrogen) atoms. The van der Waals surface area contributed by atoms with Crippen molar-refractivity contribution in [2.75, 3.05) is 4.90 Å². The highest BCUT2D eigenvalue weighted by Gasteiger charge is 2.16. The van der Waals surface area contributed by atoms with Crippen molar-refractivity contribution in [2.45, 2.75) is 0 Å². The second kappa shape index (κ2) is 13.7. The molecule has 0 fully saturated rings. The quantitative estimate of drug-likeness (QED) is 0.160. The second-order valence-corrected chi connectivity index (χ2v) is 14.8. The van der Waals surface area contributed by atoms with Gasteiger partial charge in [0.05, 0.1) is 0 Å². The van der Waals surface area contributed by atoms with Crippen molar-refractivity contribution in [2.24, 2.45) is 0 Å². The summed E-state index contributed by atoms with van der Waals surface area (Å²) in [4.78, 5) is 2.34. The van der Waals surface area contributed by atoms with Crippen LogP contribution in [0.4, 0.5) is 17.1 Å². The highest BCUT2D eigenvalue weighted by atomic mass is 32.1. The summed E-state index contributed by atoms with van der Waals surface area (Å²) in [7, 11) is 0. The maximum Gasteiger partial charge on any atom is 0.0462 e. The summed E-state index contributed by atoms with van der Waals surface area (Å²) in [6, 6.07) is 77.0. The molecule has 10 rings (SSSR count). The molecule has 0 radical (unpaired) electrons. The van der Waals surface area contributed by atoms with Crippen molar-refractivity contribution < 1.29 is 0 Å². The van der Waals surface area contributed by atoms with E-state index in [-0.39, 0.29) is 0 Å². The lowest BCUT2D eigenvalue weighted by molar-refractivity contribution is 1.28. The van der Waals surface area contributed by atoms with E-state index in [2.05, 4.69) is 217 Å². The molecule has 2 heteroatoms. The van der Waals surface area contributed by atoms with Gasteiger partial charge in [-0.15, -0.1) is 11.3 Å². The van der Waals surface area contributed by atoms with Gasteiger partial charge in [0.1, 0.15) is 0 Å². The molecule has 9 aromatic carbocycles. The lowest BCUT2D eigenvalue weighted by Gasteiger charge is -2.26. The van der Waals surface area contributed by atoms with Crippen LogP contribution in [0, 0.1) is 0 Å². The number of hydrogen-bond donors (Lipinski definition) is 0. The Morgan fingerprint density at radius 1 is 0.296 bits per heavy atom. The molecule has 0 aliphatic rings. The molecular weight excluding hydrogens is 671 g/mol. The molecule has 0 unspecified atom stereocenters. The largest absolute Gasteiger partial charge is 0.311 e. The third-order valence-corrected chi connectivity index (χ3v) is 11.7. The second-order valence-electron chi connectivity index (χ2n) is 13.8. The molecule has 0 aliphatic carbocycles. The molecular formula is C52H35NS. The van der Waals surface area contributed by atoms with Gasteiger partial charge in [0.15, 0.2) is 0 Å². The molecule has 0 saturated heterocycles. The van der Waals surface area contributed by atoms with Crippen molar-refractivity contribution in [3.05, 3.63) is 212 Å². The molecule has 1 nitrogen and oxygen atoms in total. The van der Waals surface area contributed by atoms with Crippen molar-refractivity contribution in [1.29, 1.82) is 0 Å². The minimum absolute atomic E-state index is 1.11. The SMILES string of the molecule is c1ccc(-c2ccc(-c3ccc(N(c4ccccc4)c4ccc(-c5cc(-c6ccc7ccccc7c6)cc6c5sc5ccccc56)cc4)cc3)cc2)cc1. The van der Waals surface area contributed by atoms with E-state index in [0.29, 0.717) is 0 Å². The number of nitrogens with zero attached hydrogens (tertiary/aromatic N) is 1. The van der Waals surface area contributed by atoms with Gasteiger partial charge in [0, 0.05) is 42.8 Å². The Labute approximate surface area is 319 Å². The zero-order chi connectivity index (χ0) is 35.8. The topological polar surface area (TPSA) is 3.24 Å². The highest BCUT2D eigenvalue weighted by molar-refractivity contribution is 7.26. The molecule has 1 heterocycles. The molecule has 0 aliphatic heterocycles. The number of hydrogen-bond acceptors (Lipinski definition) is 2. The minimum Gasteiger partial charge on any atom is -0.311 e. The van der Waals surface area contributed by atoms with E-state index in [0.717, 1.165) is 17.1 Å². The molecule has 0 amide bonds. The van der Waals surface area contributed by atoms with Crippen LogP contribution in [-0.2, 0) is 0 Å². The monoisotopic (exact) mass is 705 g/mol. The Morgan fingerprint density at radius 2 is 0.796 bits per heavy atom. The maximum absolute atomic E-state index is 2.39. The van der Waals surface area contributed by atoms with Crippen LogP contribution < -0.4 is 4.90 Å². The van der Waals surface area contributed by atoms with Gasteiger partial charge in [0.2, 0.25) is 0 Å². The van der Waals surface area contributed by atoms with Gasteiger partial charge in [-0.05, 0) is 110 Å². The van der Waals surface area contributed by atoms with Crippen molar-refractivity contribution >= 4 is 59.3 Å². The lowest BCUT2D eigenvalue weighted by atomic mass is 9.94. The van der Waals surface area contributed by atoms with E-state index < -0.39 is 0 Å². The summed E-state index contributed by atoms with van der Waals surface area (Å²) in [5.74, 6) is 0. The predicted molar refractivity (Wildman–Crippen MR) is 233 cm³/mol. The number of benzene rings is 9. The third kappa shape index (κ3) is 5.93. The zero-order valence-electron chi connectivity index (χ0n) is 29.6. The van der Waals surface area contributed by atoms with Gasteiger partial charge >= 0.3 is 0 Å². The number of rotatable bonds is 7. The smallest absolute Gasteiger partial charge is 0.0462 e. The Morgan fingerprint density at radius 3 is 1.48 bits per heavy atom. The molecule has 1 aromatic heterocycles. The Balaban J connectivity index is 1.03. The highest BCUT2D eigenvalue weighted by Crippen LogP contribution is 2.44. The number of para-hydroxylation sites is 1. The van der Waals surface area contributed by atoms with E-state index >= 15 is 0 Å². The van der Waals surface area contributed by atoms with Crippen molar-refractivity contribution in [3.8, 4) is 44.5 Å². The fourth-order valence-electron chi connectivity index (χ4n) is 7.68. The Bertz CT molecular complexity index is 2890. The summed E-state index contributed by atoms with van der Waals surface area (Å²) in [5.41, 5.74) is 13.1. The first-order valence-electron chi connectivity index (χ1n) is 18.4. The van der Waals surface area contributed by atoms with Gasteiger partial charge < -0.3 is 4.90 Å². The van der Waals surface area contributed by atoms with Crippen molar-refractivity contribution in [3.63, 3.8) is 0 Å². The molecule has 0 spiro atoms. The first-order valence-corrected chi connectivity index (χ1v) is 19.2. The molecule has 0 saturated carbocycles. The molecule has 0 bridgehead atoms. The fraction of sp³-hybridized carbons (Fsp3) is 0. The van der Waals surface area contributed by atoms with E-state index in [9.17, 15) is 0 Å². The van der Waals surface area contributed by atoms with Crippen LogP contribution in [0.5, 0.6) is 0 Å². The molecule has 0 N–H and O–H groups in total. The van der Waals surface area contributed by atoms with Crippen LogP contribution in [0.25, 0.3) is 75.5 Å². The normalized spacial score (nSPS) is 11.3. The standard InChI is InChI=1S/C52H35NS/c1-3-11-36(12-4-1)38-19-21-39(22-20-38)40-25-29-46(30-26-40)53(45-15-5-2-6-16-45)47-31-27-41(28-32-47)49-34-44(43-24-23-37-13-7-8-14-42(37)33-43)35-50-48-17-9-10-18-51(48)54-52(49)50/h1-35H. The Hall–Kier alpha value is -6.74. The van der Waals surface area contributed by atoms with Gasteiger partial charge in [-0.25, -0.2) is 0 Å². The average Bonchev–Trinajstić information content (AvgIpc) is 3.63. The van der Waals surface area contributed by atoms with Gasteiger partial charge in [-0.1, -0.05) is 152 Å². The van der Waals surface area contributed by atoms with Crippen LogP contribution in [-0.4, -0.2) is 0 Å². The molecule has 254 valence electrons. The van der Waals surface area contributed by atoms with E-state index in [4.69, 9.17) is 0 Å². The summed E-state index contributed by atoms with van der Waals surface area (Å²) >= 11 is 1.88. The first-order chi connectivity index (χ1) is 26.7. The average molecular weight is 706 g/mol. The Kier molecular flexibility index (Phi) is 8.09. The van der Waals surface area contributed by atoms with Crippen LogP contribution in [0.2, 0.25) is 0 Å². The van der Waals surface area contributed by atoms with E-state index in [1.54, 1.807) is 0 Å². The number of thiophene rings is 1. The van der Waals surface area contributed by atoms with Crippen LogP contribution >= 0.6 is 11.3 Å². The minimum atomic E-state index is 1.11. The van der Waals surface area contributed by atoms with Crippen LogP contribution in [0.3, 0.4) is 0 Å². The summed E-state index contributed by atoms with van der Waals surface area (Å²) < 4.78 is 2.63. The zero-order valence-corrected chi connectivity index (χ0v) is 30.4. The van der Waals surface area contributed by atoms with Gasteiger partial charge in [-0.3, -0.25) is 0 Å². The number of fused-ring (bicyclic) bond motifs is 4. The molecule has 0 atom stereocenters. The summed E-state index contributed by atoms with van der Waals surface area (Å²) in [6.45, 7) is 0.